The molecule has 0 aliphatic carbocycles. The average molecular weight is 508 g/mol. The van der Waals surface area contributed by atoms with Gasteiger partial charge in [-0.1, -0.05) is 25.9 Å². The predicted molar refractivity (Wildman–Crippen MR) is 133 cm³/mol. The number of thiazole rings is 1. The van der Waals surface area contributed by atoms with Gasteiger partial charge in [-0.05, 0) is 19.4 Å². The number of rotatable bonds is 7. The summed E-state index contributed by atoms with van der Waals surface area (Å²) in [5.41, 5.74) is 1.78. The second-order valence-corrected chi connectivity index (χ2v) is 10.0. The molecule has 4 heterocycles. The van der Waals surface area contributed by atoms with Gasteiger partial charge in [0, 0.05) is 23.7 Å². The Balaban J connectivity index is 1.40. The molecule has 0 saturated heterocycles. The maximum atomic E-state index is 12.8. The van der Waals surface area contributed by atoms with E-state index in [2.05, 4.69) is 66.8 Å². The molecule has 4 aromatic heterocycles. The number of hydrogen-bond donors (Lipinski definition) is 3. The zero-order valence-electron chi connectivity index (χ0n) is 20.4. The predicted octanol–water partition coefficient (Wildman–Crippen LogP) is 3.80. The highest BCUT2D eigenvalue weighted by Gasteiger charge is 2.22. The molecule has 0 aliphatic rings. The van der Waals surface area contributed by atoms with Gasteiger partial charge < -0.3 is 15.2 Å². The van der Waals surface area contributed by atoms with E-state index < -0.39 is 11.9 Å². The summed E-state index contributed by atoms with van der Waals surface area (Å²) in [6, 6.07) is 2.65. The summed E-state index contributed by atoms with van der Waals surface area (Å²) >= 11 is 1.17. The van der Waals surface area contributed by atoms with Gasteiger partial charge in [-0.15, -0.1) is 11.3 Å². The van der Waals surface area contributed by atoms with Gasteiger partial charge in [-0.2, -0.15) is 0 Å². The zero-order valence-corrected chi connectivity index (χ0v) is 21.2. The standard InChI is InChI=1S/C23H25N9O3S/c1-12-9-25-22(30-18(12)23(3,4)5)31-20(34)15-10-24-21(36-15)13(2)28-19(33)14-8-17(27-11-26-14)29-16-6-7-35-32-16/h6-11,13H,1-5H3,(H,28,33)(H,25,30,31,34)(H,26,27,29,32). The van der Waals surface area contributed by atoms with Gasteiger partial charge in [0.15, 0.2) is 5.82 Å². The van der Waals surface area contributed by atoms with E-state index in [1.54, 1.807) is 19.2 Å². The molecule has 0 bridgehead atoms. The van der Waals surface area contributed by atoms with Gasteiger partial charge in [-0.3, -0.25) is 14.9 Å². The molecule has 0 fully saturated rings. The van der Waals surface area contributed by atoms with E-state index >= 15 is 0 Å². The topological polar surface area (TPSA) is 161 Å². The van der Waals surface area contributed by atoms with Crippen LogP contribution in [-0.4, -0.2) is 41.9 Å². The van der Waals surface area contributed by atoms with Crippen LogP contribution in [0.25, 0.3) is 0 Å². The van der Waals surface area contributed by atoms with Crippen LogP contribution in [0.1, 0.15) is 70.2 Å². The maximum absolute atomic E-state index is 12.8. The minimum Gasteiger partial charge on any atom is -0.363 e. The molecule has 0 radical (unpaired) electrons. The van der Waals surface area contributed by atoms with Crippen molar-refractivity contribution in [2.75, 3.05) is 10.6 Å². The van der Waals surface area contributed by atoms with Crippen molar-refractivity contribution in [3.05, 3.63) is 64.0 Å². The third kappa shape index (κ3) is 5.86. The lowest BCUT2D eigenvalue weighted by atomic mass is 9.89. The molecule has 3 N–H and O–H groups in total. The molecule has 4 rings (SSSR count). The molecule has 12 nitrogen and oxygen atoms in total. The third-order valence-corrected chi connectivity index (χ3v) is 6.15. The lowest BCUT2D eigenvalue weighted by molar-refractivity contribution is 0.0934. The number of carbonyl (C=O) groups excluding carboxylic acids is 2. The summed E-state index contributed by atoms with van der Waals surface area (Å²) in [6.07, 6.45) is 5.84. The minimum atomic E-state index is -0.464. The van der Waals surface area contributed by atoms with Crippen LogP contribution >= 0.6 is 11.3 Å². The average Bonchev–Trinajstić information content (AvgIpc) is 3.52. The number of nitrogens with one attached hydrogen (secondary N) is 3. The van der Waals surface area contributed by atoms with Crippen LogP contribution in [0.5, 0.6) is 0 Å². The number of aryl methyl sites for hydroxylation is 1. The van der Waals surface area contributed by atoms with Crippen molar-refractivity contribution >= 4 is 40.7 Å². The molecule has 0 saturated carbocycles. The number of aromatic nitrogens is 6. The Hall–Kier alpha value is -4.26. The van der Waals surface area contributed by atoms with Crippen LogP contribution in [-0.2, 0) is 5.41 Å². The molecular weight excluding hydrogens is 482 g/mol. The monoisotopic (exact) mass is 507 g/mol. The molecule has 1 unspecified atom stereocenters. The highest BCUT2D eigenvalue weighted by molar-refractivity contribution is 7.13. The molecule has 13 heteroatoms. The summed E-state index contributed by atoms with van der Waals surface area (Å²) in [6.45, 7) is 9.86. The smallest absolute Gasteiger partial charge is 0.270 e. The number of anilines is 3. The fraction of sp³-hybridized carbons (Fsp3) is 0.304. The van der Waals surface area contributed by atoms with Gasteiger partial charge in [0.2, 0.25) is 5.95 Å². The maximum Gasteiger partial charge on any atom is 0.270 e. The SMILES string of the molecule is Cc1cnc(NC(=O)c2cnc(C(C)NC(=O)c3cc(Nc4ccon4)ncn3)s2)nc1C(C)(C)C. The first kappa shape index (κ1) is 24.9. The van der Waals surface area contributed by atoms with E-state index in [1.807, 2.05) is 6.92 Å². The lowest BCUT2D eigenvalue weighted by Crippen LogP contribution is -2.27. The number of hydrogen-bond acceptors (Lipinski definition) is 11. The molecule has 0 aromatic carbocycles. The van der Waals surface area contributed by atoms with Crippen molar-refractivity contribution in [2.24, 2.45) is 0 Å². The van der Waals surface area contributed by atoms with Crippen molar-refractivity contribution < 1.29 is 14.1 Å². The molecule has 186 valence electrons. The molecule has 2 amide bonds. The first-order valence-electron chi connectivity index (χ1n) is 11.0. The van der Waals surface area contributed by atoms with Gasteiger partial charge in [0.1, 0.15) is 34.0 Å². The highest BCUT2D eigenvalue weighted by Crippen LogP contribution is 2.25. The Morgan fingerprint density at radius 3 is 2.58 bits per heavy atom. The molecular formula is C23H25N9O3S. The molecule has 0 spiro atoms. The number of nitrogens with zero attached hydrogens (tertiary/aromatic N) is 6. The quantitative estimate of drug-likeness (QED) is 0.335. The fourth-order valence-electron chi connectivity index (χ4n) is 3.31. The summed E-state index contributed by atoms with van der Waals surface area (Å²) in [5, 5.41) is 12.8. The van der Waals surface area contributed by atoms with Crippen LogP contribution < -0.4 is 16.0 Å². The third-order valence-electron chi connectivity index (χ3n) is 4.97. The number of carbonyl (C=O) groups is 2. The summed E-state index contributed by atoms with van der Waals surface area (Å²) in [4.78, 5) is 47.0. The Bertz CT molecular complexity index is 1380. The van der Waals surface area contributed by atoms with Crippen LogP contribution in [0.4, 0.5) is 17.6 Å². The lowest BCUT2D eigenvalue weighted by Gasteiger charge is -2.20. The van der Waals surface area contributed by atoms with Gasteiger partial charge in [-0.25, -0.2) is 24.9 Å². The zero-order chi connectivity index (χ0) is 25.9. The molecule has 1 atom stereocenters. The largest absolute Gasteiger partial charge is 0.363 e. The van der Waals surface area contributed by atoms with E-state index in [0.29, 0.717) is 21.5 Å². The Morgan fingerprint density at radius 2 is 1.86 bits per heavy atom. The van der Waals surface area contributed by atoms with Crippen molar-refractivity contribution in [1.82, 2.24) is 35.4 Å². The fourth-order valence-corrected chi connectivity index (χ4v) is 4.12. The van der Waals surface area contributed by atoms with E-state index in [9.17, 15) is 9.59 Å². The first-order chi connectivity index (χ1) is 17.1. The van der Waals surface area contributed by atoms with Gasteiger partial charge in [0.05, 0.1) is 17.9 Å². The van der Waals surface area contributed by atoms with E-state index in [0.717, 1.165) is 11.3 Å². The van der Waals surface area contributed by atoms with Crippen LogP contribution in [0.2, 0.25) is 0 Å². The van der Waals surface area contributed by atoms with Crippen molar-refractivity contribution in [1.29, 1.82) is 0 Å². The van der Waals surface area contributed by atoms with E-state index in [-0.39, 0.29) is 23.0 Å². The molecule has 4 aromatic rings. The van der Waals surface area contributed by atoms with Crippen molar-refractivity contribution in [3.63, 3.8) is 0 Å². The Kier molecular flexibility index (Phi) is 7.01. The Labute approximate surface area is 211 Å². The molecule has 0 aliphatic heterocycles. The van der Waals surface area contributed by atoms with Crippen molar-refractivity contribution in [2.45, 2.75) is 46.1 Å². The van der Waals surface area contributed by atoms with Crippen LogP contribution in [0.3, 0.4) is 0 Å². The number of amides is 2. The normalized spacial score (nSPS) is 12.1. The highest BCUT2D eigenvalue weighted by atomic mass is 32.1. The summed E-state index contributed by atoms with van der Waals surface area (Å²) < 4.78 is 4.76. The van der Waals surface area contributed by atoms with E-state index in [1.165, 1.54) is 36.2 Å². The van der Waals surface area contributed by atoms with E-state index in [4.69, 9.17) is 4.52 Å². The van der Waals surface area contributed by atoms with Gasteiger partial charge in [0.25, 0.3) is 11.8 Å². The second kappa shape index (κ2) is 10.2. The summed E-state index contributed by atoms with van der Waals surface area (Å²) in [5.74, 6) is 0.272. The summed E-state index contributed by atoms with van der Waals surface area (Å²) in [7, 11) is 0. The van der Waals surface area contributed by atoms with Crippen LogP contribution in [0, 0.1) is 6.92 Å². The Morgan fingerprint density at radius 1 is 1.06 bits per heavy atom. The van der Waals surface area contributed by atoms with Gasteiger partial charge >= 0.3 is 0 Å². The minimum absolute atomic E-state index is 0.156. The molecule has 36 heavy (non-hydrogen) atoms. The second-order valence-electron chi connectivity index (χ2n) is 8.99. The van der Waals surface area contributed by atoms with Crippen molar-refractivity contribution in [3.8, 4) is 0 Å². The first-order valence-corrected chi connectivity index (χ1v) is 11.8. The van der Waals surface area contributed by atoms with Crippen LogP contribution in [0.15, 0.2) is 41.6 Å².